The van der Waals surface area contributed by atoms with Crippen molar-refractivity contribution < 1.29 is 4.74 Å². The molecule has 0 unspecified atom stereocenters. The fourth-order valence-corrected chi connectivity index (χ4v) is 2.03. The summed E-state index contributed by atoms with van der Waals surface area (Å²) < 4.78 is 6.60. The molecule has 0 bridgehead atoms. The molecule has 0 aliphatic rings. The zero-order valence-electron chi connectivity index (χ0n) is 10.9. The van der Waals surface area contributed by atoms with Gasteiger partial charge in [-0.3, -0.25) is 0 Å². The van der Waals surface area contributed by atoms with Crippen molar-refractivity contribution in [1.82, 2.24) is 9.97 Å². The van der Waals surface area contributed by atoms with Gasteiger partial charge in [-0.15, -0.1) is 0 Å². The summed E-state index contributed by atoms with van der Waals surface area (Å²) in [7, 11) is 0. The number of nitrogens with one attached hydrogen (secondary N) is 1. The maximum Gasteiger partial charge on any atom is 0.218 e. The van der Waals surface area contributed by atoms with E-state index in [4.69, 9.17) is 4.74 Å². The molecule has 1 heterocycles. The van der Waals surface area contributed by atoms with Gasteiger partial charge in [0.05, 0.1) is 6.10 Å². The van der Waals surface area contributed by atoms with Gasteiger partial charge in [-0.05, 0) is 31.5 Å². The van der Waals surface area contributed by atoms with Crippen LogP contribution in [0.1, 0.15) is 19.4 Å². The van der Waals surface area contributed by atoms with E-state index >= 15 is 0 Å². The van der Waals surface area contributed by atoms with Crippen LogP contribution in [0.4, 0.5) is 5.82 Å². The number of anilines is 1. The van der Waals surface area contributed by atoms with Gasteiger partial charge in [-0.2, -0.15) is 0 Å². The molecular formula is C14H16BrN3O. The van der Waals surface area contributed by atoms with Crippen LogP contribution in [0.5, 0.6) is 5.88 Å². The Labute approximate surface area is 121 Å². The highest BCUT2D eigenvalue weighted by molar-refractivity contribution is 9.10. The zero-order chi connectivity index (χ0) is 13.7. The zero-order valence-corrected chi connectivity index (χ0v) is 12.5. The molecule has 1 aromatic heterocycles. The van der Waals surface area contributed by atoms with E-state index in [1.165, 1.54) is 11.9 Å². The summed E-state index contributed by atoms with van der Waals surface area (Å²) in [6, 6.07) is 9.94. The van der Waals surface area contributed by atoms with E-state index in [1.54, 1.807) is 6.07 Å². The van der Waals surface area contributed by atoms with Crippen molar-refractivity contribution in [2.75, 3.05) is 5.32 Å². The Hall–Kier alpha value is -1.62. The third-order valence-electron chi connectivity index (χ3n) is 2.36. The van der Waals surface area contributed by atoms with Crippen LogP contribution >= 0.6 is 15.9 Å². The maximum atomic E-state index is 5.53. The third-order valence-corrected chi connectivity index (χ3v) is 2.85. The van der Waals surface area contributed by atoms with Crippen molar-refractivity contribution in [2.45, 2.75) is 26.5 Å². The predicted octanol–water partition coefficient (Wildman–Crippen LogP) is 3.64. The molecule has 1 N–H and O–H groups in total. The monoisotopic (exact) mass is 321 g/mol. The summed E-state index contributed by atoms with van der Waals surface area (Å²) in [4.78, 5) is 8.24. The smallest absolute Gasteiger partial charge is 0.218 e. The van der Waals surface area contributed by atoms with Crippen molar-refractivity contribution in [2.24, 2.45) is 0 Å². The maximum absolute atomic E-state index is 5.53. The standard InChI is InChI=1S/C14H16BrN3O/c1-10(2)19-14-7-13(17-9-18-14)16-8-11-4-3-5-12(15)6-11/h3-7,9-10H,8H2,1-2H3,(H,16,17,18). The van der Waals surface area contributed by atoms with E-state index < -0.39 is 0 Å². The third kappa shape index (κ3) is 4.52. The minimum absolute atomic E-state index is 0.104. The van der Waals surface area contributed by atoms with Crippen LogP contribution in [0.3, 0.4) is 0 Å². The first-order chi connectivity index (χ1) is 9.13. The van der Waals surface area contributed by atoms with Crippen molar-refractivity contribution >= 4 is 21.7 Å². The Kier molecular flexibility index (Phi) is 4.74. The molecule has 19 heavy (non-hydrogen) atoms. The van der Waals surface area contributed by atoms with E-state index in [0.29, 0.717) is 12.4 Å². The summed E-state index contributed by atoms with van der Waals surface area (Å²) in [5.41, 5.74) is 1.18. The van der Waals surface area contributed by atoms with E-state index in [9.17, 15) is 0 Å². The molecule has 0 amide bonds. The largest absolute Gasteiger partial charge is 0.475 e. The van der Waals surface area contributed by atoms with Crippen molar-refractivity contribution in [3.63, 3.8) is 0 Å². The lowest BCUT2D eigenvalue weighted by Crippen LogP contribution is -2.08. The molecular weight excluding hydrogens is 306 g/mol. The van der Waals surface area contributed by atoms with Crippen LogP contribution in [0.2, 0.25) is 0 Å². The number of rotatable bonds is 5. The summed E-state index contributed by atoms with van der Waals surface area (Å²) in [5, 5.41) is 3.25. The highest BCUT2D eigenvalue weighted by atomic mass is 79.9. The average Bonchev–Trinajstić information content (AvgIpc) is 2.36. The summed E-state index contributed by atoms with van der Waals surface area (Å²) in [6.45, 7) is 4.64. The SMILES string of the molecule is CC(C)Oc1cc(NCc2cccc(Br)c2)ncn1. The molecule has 100 valence electrons. The first kappa shape index (κ1) is 13.8. The van der Waals surface area contributed by atoms with Crippen LogP contribution in [0.15, 0.2) is 41.1 Å². The van der Waals surface area contributed by atoms with Crippen LogP contribution in [0.25, 0.3) is 0 Å². The molecule has 0 spiro atoms. The molecule has 0 saturated carbocycles. The molecule has 2 aromatic rings. The molecule has 1 aromatic carbocycles. The molecule has 5 heteroatoms. The first-order valence-electron chi connectivity index (χ1n) is 6.10. The topological polar surface area (TPSA) is 47.0 Å². The number of hydrogen-bond acceptors (Lipinski definition) is 4. The second-order valence-electron chi connectivity index (χ2n) is 4.39. The Morgan fingerprint density at radius 1 is 1.26 bits per heavy atom. The summed E-state index contributed by atoms with van der Waals surface area (Å²) in [6.07, 6.45) is 1.61. The molecule has 0 aliphatic carbocycles. The lowest BCUT2D eigenvalue weighted by Gasteiger charge is -2.10. The normalized spacial score (nSPS) is 10.5. The lowest BCUT2D eigenvalue weighted by molar-refractivity contribution is 0.232. The second-order valence-corrected chi connectivity index (χ2v) is 5.31. The van der Waals surface area contributed by atoms with Gasteiger partial charge in [0.25, 0.3) is 0 Å². The van der Waals surface area contributed by atoms with Gasteiger partial charge in [0.1, 0.15) is 12.1 Å². The molecule has 0 aliphatic heterocycles. The van der Waals surface area contributed by atoms with Crippen LogP contribution in [0, 0.1) is 0 Å². The van der Waals surface area contributed by atoms with Crippen molar-refractivity contribution in [1.29, 1.82) is 0 Å². The van der Waals surface area contributed by atoms with E-state index in [-0.39, 0.29) is 6.10 Å². The minimum atomic E-state index is 0.104. The molecule has 0 fully saturated rings. The molecule has 0 radical (unpaired) electrons. The highest BCUT2D eigenvalue weighted by Crippen LogP contribution is 2.15. The number of aromatic nitrogens is 2. The number of ether oxygens (including phenoxy) is 1. The van der Waals surface area contributed by atoms with E-state index in [1.807, 2.05) is 26.0 Å². The number of benzene rings is 1. The van der Waals surface area contributed by atoms with Gasteiger partial charge in [-0.25, -0.2) is 9.97 Å². The Morgan fingerprint density at radius 3 is 2.84 bits per heavy atom. The average molecular weight is 322 g/mol. The number of nitrogens with zero attached hydrogens (tertiary/aromatic N) is 2. The van der Waals surface area contributed by atoms with Crippen LogP contribution in [-0.2, 0) is 6.54 Å². The molecule has 0 atom stereocenters. The second kappa shape index (κ2) is 6.52. The molecule has 0 saturated heterocycles. The quantitative estimate of drug-likeness (QED) is 0.913. The number of hydrogen-bond donors (Lipinski definition) is 1. The van der Waals surface area contributed by atoms with Crippen LogP contribution < -0.4 is 10.1 Å². The Balaban J connectivity index is 1.99. The fourth-order valence-electron chi connectivity index (χ4n) is 1.58. The summed E-state index contributed by atoms with van der Waals surface area (Å²) >= 11 is 3.45. The Bertz CT molecular complexity index is 546. The lowest BCUT2D eigenvalue weighted by atomic mass is 10.2. The van der Waals surface area contributed by atoms with Crippen molar-refractivity contribution in [3.05, 3.63) is 46.7 Å². The van der Waals surface area contributed by atoms with Crippen LogP contribution in [-0.4, -0.2) is 16.1 Å². The van der Waals surface area contributed by atoms with Gasteiger partial charge in [0.2, 0.25) is 5.88 Å². The van der Waals surface area contributed by atoms with Gasteiger partial charge in [-0.1, -0.05) is 28.1 Å². The number of halogens is 1. The highest BCUT2D eigenvalue weighted by Gasteiger charge is 2.02. The minimum Gasteiger partial charge on any atom is -0.475 e. The first-order valence-corrected chi connectivity index (χ1v) is 6.90. The van der Waals surface area contributed by atoms with Gasteiger partial charge in [0.15, 0.2) is 0 Å². The fraction of sp³-hybridized carbons (Fsp3) is 0.286. The molecule has 4 nitrogen and oxygen atoms in total. The van der Waals surface area contributed by atoms with Gasteiger partial charge >= 0.3 is 0 Å². The molecule has 2 rings (SSSR count). The van der Waals surface area contributed by atoms with E-state index in [0.717, 1.165) is 10.3 Å². The van der Waals surface area contributed by atoms with Crippen molar-refractivity contribution in [3.8, 4) is 5.88 Å². The summed E-state index contributed by atoms with van der Waals surface area (Å²) in [5.74, 6) is 1.34. The Morgan fingerprint density at radius 2 is 2.11 bits per heavy atom. The predicted molar refractivity (Wildman–Crippen MR) is 79.3 cm³/mol. The van der Waals surface area contributed by atoms with Gasteiger partial charge < -0.3 is 10.1 Å². The van der Waals surface area contributed by atoms with Gasteiger partial charge in [0, 0.05) is 17.1 Å². The van der Waals surface area contributed by atoms with E-state index in [2.05, 4.69) is 43.3 Å².